The number of methoxy groups -OCH3 is 1. The Balaban J connectivity index is 2.28. The van der Waals surface area contributed by atoms with Gasteiger partial charge in [-0.3, -0.25) is 0 Å². The smallest absolute Gasteiger partial charge is 0.123 e. The van der Waals surface area contributed by atoms with Gasteiger partial charge in [-0.25, -0.2) is 4.39 Å². The van der Waals surface area contributed by atoms with Gasteiger partial charge in [0.1, 0.15) is 5.82 Å². The van der Waals surface area contributed by atoms with Gasteiger partial charge in [-0.1, -0.05) is 6.07 Å². The van der Waals surface area contributed by atoms with Crippen LogP contribution in [0.2, 0.25) is 0 Å². The quantitative estimate of drug-likeness (QED) is 0.716. The summed E-state index contributed by atoms with van der Waals surface area (Å²) in [6.45, 7) is 6.12. The molecule has 1 aromatic rings. The summed E-state index contributed by atoms with van der Waals surface area (Å²) >= 11 is 0. The fourth-order valence-electron chi connectivity index (χ4n) is 1.86. The van der Waals surface area contributed by atoms with Gasteiger partial charge in [-0.2, -0.15) is 0 Å². The lowest BCUT2D eigenvalue weighted by Crippen LogP contribution is -2.30. The second-order valence-electron chi connectivity index (χ2n) is 4.62. The number of hydrogen-bond acceptors (Lipinski definition) is 3. The Morgan fingerprint density at radius 1 is 1.28 bits per heavy atom. The highest BCUT2D eigenvalue weighted by Crippen LogP contribution is 2.09. The highest BCUT2D eigenvalue weighted by atomic mass is 19.1. The van der Waals surface area contributed by atoms with Gasteiger partial charge < -0.3 is 15.0 Å². The number of halogens is 1. The van der Waals surface area contributed by atoms with Crippen LogP contribution in [-0.4, -0.2) is 45.3 Å². The number of benzene rings is 1. The van der Waals surface area contributed by atoms with Gasteiger partial charge in [-0.05, 0) is 37.2 Å². The maximum atomic E-state index is 13.2. The molecule has 0 aliphatic rings. The molecule has 1 aromatic carbocycles. The first-order valence-electron chi connectivity index (χ1n) is 6.26. The molecule has 0 radical (unpaired) electrons. The Labute approximate surface area is 109 Å². The van der Waals surface area contributed by atoms with E-state index in [9.17, 15) is 4.39 Å². The maximum absolute atomic E-state index is 13.2. The monoisotopic (exact) mass is 254 g/mol. The van der Waals surface area contributed by atoms with E-state index in [0.717, 1.165) is 43.9 Å². The van der Waals surface area contributed by atoms with Crippen molar-refractivity contribution in [2.75, 3.05) is 40.4 Å². The lowest BCUT2D eigenvalue weighted by atomic mass is 10.1. The van der Waals surface area contributed by atoms with E-state index in [2.05, 4.69) is 10.2 Å². The zero-order valence-corrected chi connectivity index (χ0v) is 11.5. The molecule has 0 atom stereocenters. The molecule has 0 saturated carbocycles. The largest absolute Gasteiger partial charge is 0.383 e. The van der Waals surface area contributed by atoms with Crippen LogP contribution < -0.4 is 5.32 Å². The van der Waals surface area contributed by atoms with Crippen molar-refractivity contribution >= 4 is 0 Å². The van der Waals surface area contributed by atoms with Crippen LogP contribution in [0.4, 0.5) is 4.39 Å². The SMILES string of the molecule is COCCNCCN(C)Cc1cc(C)cc(F)c1. The van der Waals surface area contributed by atoms with Gasteiger partial charge >= 0.3 is 0 Å². The van der Waals surface area contributed by atoms with Crippen LogP contribution in [0.15, 0.2) is 18.2 Å². The minimum absolute atomic E-state index is 0.156. The van der Waals surface area contributed by atoms with Crippen LogP contribution >= 0.6 is 0 Å². The van der Waals surface area contributed by atoms with E-state index >= 15 is 0 Å². The first-order valence-corrected chi connectivity index (χ1v) is 6.26. The molecule has 0 spiro atoms. The lowest BCUT2D eigenvalue weighted by molar-refractivity contribution is 0.197. The standard InChI is InChI=1S/C14H23FN2O/c1-12-8-13(10-14(15)9-12)11-17(2)6-4-16-5-7-18-3/h8-10,16H,4-7,11H2,1-3H3. The van der Waals surface area contributed by atoms with Crippen LogP contribution in [0.25, 0.3) is 0 Å². The van der Waals surface area contributed by atoms with Crippen molar-refractivity contribution in [1.82, 2.24) is 10.2 Å². The summed E-state index contributed by atoms with van der Waals surface area (Å²) in [5.74, 6) is -0.156. The molecule has 0 amide bonds. The van der Waals surface area contributed by atoms with E-state index in [0.29, 0.717) is 0 Å². The average Bonchev–Trinajstić information content (AvgIpc) is 2.27. The third-order valence-corrected chi connectivity index (χ3v) is 2.71. The third kappa shape index (κ3) is 6.10. The summed E-state index contributed by atoms with van der Waals surface area (Å²) in [6, 6.07) is 5.18. The number of likely N-dealkylation sites (N-methyl/N-ethyl adjacent to an activating group) is 1. The minimum Gasteiger partial charge on any atom is -0.383 e. The van der Waals surface area contributed by atoms with E-state index in [1.165, 1.54) is 0 Å². The number of hydrogen-bond donors (Lipinski definition) is 1. The Kier molecular flexibility index (Phi) is 6.86. The van der Waals surface area contributed by atoms with E-state index < -0.39 is 0 Å². The van der Waals surface area contributed by atoms with Crippen molar-refractivity contribution in [2.45, 2.75) is 13.5 Å². The summed E-state index contributed by atoms with van der Waals surface area (Å²) in [5.41, 5.74) is 1.99. The molecule has 1 rings (SSSR count). The summed E-state index contributed by atoms with van der Waals surface area (Å²) in [7, 11) is 3.73. The molecular formula is C14H23FN2O. The summed E-state index contributed by atoms with van der Waals surface area (Å²) < 4.78 is 18.2. The van der Waals surface area contributed by atoms with Gasteiger partial charge in [0.25, 0.3) is 0 Å². The molecule has 4 heteroatoms. The molecule has 1 N–H and O–H groups in total. The second kappa shape index (κ2) is 8.19. The first kappa shape index (κ1) is 15.1. The Bertz CT molecular complexity index is 337. The van der Waals surface area contributed by atoms with E-state index in [1.54, 1.807) is 19.2 Å². The van der Waals surface area contributed by atoms with Crippen LogP contribution in [0.5, 0.6) is 0 Å². The molecule has 102 valence electrons. The molecule has 18 heavy (non-hydrogen) atoms. The van der Waals surface area contributed by atoms with Crippen molar-refractivity contribution in [1.29, 1.82) is 0 Å². The van der Waals surface area contributed by atoms with Gasteiger partial charge in [0, 0.05) is 33.3 Å². The number of ether oxygens (including phenoxy) is 1. The van der Waals surface area contributed by atoms with Crippen molar-refractivity contribution in [2.24, 2.45) is 0 Å². The van der Waals surface area contributed by atoms with Crippen molar-refractivity contribution in [3.05, 3.63) is 35.1 Å². The number of nitrogens with zero attached hydrogens (tertiary/aromatic N) is 1. The highest BCUT2D eigenvalue weighted by molar-refractivity contribution is 5.23. The molecule has 0 saturated heterocycles. The van der Waals surface area contributed by atoms with Gasteiger partial charge in [0.15, 0.2) is 0 Å². The summed E-state index contributed by atoms with van der Waals surface area (Å²) in [5, 5.41) is 3.29. The van der Waals surface area contributed by atoms with Crippen molar-refractivity contribution in [3.63, 3.8) is 0 Å². The fraction of sp³-hybridized carbons (Fsp3) is 0.571. The Morgan fingerprint density at radius 2 is 2.06 bits per heavy atom. The Morgan fingerprint density at radius 3 is 2.72 bits per heavy atom. The predicted molar refractivity (Wildman–Crippen MR) is 72.2 cm³/mol. The second-order valence-corrected chi connectivity index (χ2v) is 4.62. The summed E-state index contributed by atoms with van der Waals surface area (Å²) in [6.07, 6.45) is 0. The van der Waals surface area contributed by atoms with E-state index in [1.807, 2.05) is 20.0 Å². The lowest BCUT2D eigenvalue weighted by Gasteiger charge is -2.17. The topological polar surface area (TPSA) is 24.5 Å². The number of rotatable bonds is 8. The molecule has 3 nitrogen and oxygen atoms in total. The van der Waals surface area contributed by atoms with Crippen molar-refractivity contribution in [3.8, 4) is 0 Å². The van der Waals surface area contributed by atoms with E-state index in [-0.39, 0.29) is 5.82 Å². The molecule has 0 unspecified atom stereocenters. The zero-order valence-electron chi connectivity index (χ0n) is 11.5. The maximum Gasteiger partial charge on any atom is 0.123 e. The summed E-state index contributed by atoms with van der Waals surface area (Å²) in [4.78, 5) is 2.17. The van der Waals surface area contributed by atoms with Gasteiger partial charge in [-0.15, -0.1) is 0 Å². The van der Waals surface area contributed by atoms with Gasteiger partial charge in [0.2, 0.25) is 0 Å². The minimum atomic E-state index is -0.156. The van der Waals surface area contributed by atoms with E-state index in [4.69, 9.17) is 4.74 Å². The predicted octanol–water partition coefficient (Wildman–Crippen LogP) is 1.80. The molecular weight excluding hydrogens is 231 g/mol. The van der Waals surface area contributed by atoms with Crippen LogP contribution in [0, 0.1) is 12.7 Å². The number of nitrogens with one attached hydrogen (secondary N) is 1. The van der Waals surface area contributed by atoms with Crippen LogP contribution in [-0.2, 0) is 11.3 Å². The molecule has 0 aromatic heterocycles. The van der Waals surface area contributed by atoms with Crippen LogP contribution in [0.1, 0.15) is 11.1 Å². The Hall–Kier alpha value is -0.970. The first-order chi connectivity index (χ1) is 8.61. The van der Waals surface area contributed by atoms with Crippen molar-refractivity contribution < 1.29 is 9.13 Å². The molecule has 0 aliphatic carbocycles. The average molecular weight is 254 g/mol. The third-order valence-electron chi connectivity index (χ3n) is 2.71. The highest BCUT2D eigenvalue weighted by Gasteiger charge is 2.02. The number of aryl methyl sites for hydroxylation is 1. The molecule has 0 aliphatic heterocycles. The molecule has 0 fully saturated rings. The molecule has 0 heterocycles. The zero-order chi connectivity index (χ0) is 13.4. The molecule has 0 bridgehead atoms. The fourth-order valence-corrected chi connectivity index (χ4v) is 1.86. The van der Waals surface area contributed by atoms with Crippen LogP contribution in [0.3, 0.4) is 0 Å². The van der Waals surface area contributed by atoms with Gasteiger partial charge in [0.05, 0.1) is 6.61 Å². The normalized spacial score (nSPS) is 11.2.